The van der Waals surface area contributed by atoms with Crippen molar-refractivity contribution in [2.75, 3.05) is 5.32 Å². The average Bonchev–Trinajstić information content (AvgIpc) is 2.81. The minimum absolute atomic E-state index is 0.298. The van der Waals surface area contributed by atoms with Crippen LogP contribution in [0.25, 0.3) is 0 Å². The first-order valence-electron chi connectivity index (χ1n) is 5.32. The number of aromatic amines is 1. The number of amides is 1. The van der Waals surface area contributed by atoms with Gasteiger partial charge in [-0.25, -0.2) is 0 Å². The van der Waals surface area contributed by atoms with Gasteiger partial charge in [-0.1, -0.05) is 11.6 Å². The number of aryl methyl sites for hydroxylation is 1. The minimum atomic E-state index is -0.298. The van der Waals surface area contributed by atoms with Crippen LogP contribution in [0.1, 0.15) is 26.5 Å². The van der Waals surface area contributed by atoms with Gasteiger partial charge in [-0.2, -0.15) is 0 Å². The molecule has 92 valence electrons. The lowest BCUT2D eigenvalue weighted by Gasteiger charge is -2.07. The number of anilines is 1. The molecule has 0 saturated carbocycles. The van der Waals surface area contributed by atoms with Gasteiger partial charge >= 0.3 is 0 Å². The molecule has 0 bridgehead atoms. The second-order valence-corrected chi connectivity index (χ2v) is 4.30. The Morgan fingerprint density at radius 1 is 1.33 bits per heavy atom. The summed E-state index contributed by atoms with van der Waals surface area (Å²) < 4.78 is 0. The summed E-state index contributed by atoms with van der Waals surface area (Å²) in [6, 6.07) is 8.32. The first kappa shape index (κ1) is 12.4. The molecule has 1 aromatic carbocycles. The number of carbonyl (C=O) groups is 2. The van der Waals surface area contributed by atoms with Crippen LogP contribution in [0.3, 0.4) is 0 Å². The van der Waals surface area contributed by atoms with Crippen LogP contribution in [0.2, 0.25) is 5.02 Å². The topological polar surface area (TPSA) is 62.0 Å². The third kappa shape index (κ3) is 2.60. The largest absolute Gasteiger partial charge is 0.348 e. The van der Waals surface area contributed by atoms with Crippen molar-refractivity contribution in [3.05, 3.63) is 52.3 Å². The fourth-order valence-corrected chi connectivity index (χ4v) is 1.80. The molecule has 0 atom stereocenters. The van der Waals surface area contributed by atoms with Gasteiger partial charge in [0.1, 0.15) is 5.69 Å². The molecule has 0 unspecified atom stereocenters. The second-order valence-electron chi connectivity index (χ2n) is 3.86. The molecule has 5 heteroatoms. The maximum absolute atomic E-state index is 11.9. The van der Waals surface area contributed by atoms with E-state index in [1.54, 1.807) is 30.3 Å². The van der Waals surface area contributed by atoms with Crippen molar-refractivity contribution in [1.29, 1.82) is 0 Å². The molecule has 0 radical (unpaired) electrons. The molecule has 0 fully saturated rings. The maximum atomic E-state index is 11.9. The number of rotatable bonds is 3. The van der Waals surface area contributed by atoms with E-state index in [1.807, 2.05) is 6.92 Å². The lowest BCUT2D eigenvalue weighted by atomic mass is 10.2. The number of hydrogen-bond donors (Lipinski definition) is 2. The van der Waals surface area contributed by atoms with Gasteiger partial charge in [0.05, 0.1) is 5.69 Å². The summed E-state index contributed by atoms with van der Waals surface area (Å²) in [5.74, 6) is -0.298. The number of halogens is 1. The van der Waals surface area contributed by atoms with Gasteiger partial charge < -0.3 is 10.3 Å². The molecule has 0 spiro atoms. The molecule has 2 aromatic rings. The molecule has 2 N–H and O–H groups in total. The van der Waals surface area contributed by atoms with Crippen molar-refractivity contribution in [1.82, 2.24) is 4.98 Å². The predicted octanol–water partition coefficient (Wildman–Crippen LogP) is 3.04. The summed E-state index contributed by atoms with van der Waals surface area (Å²) in [7, 11) is 0. The standard InChI is InChI=1S/C13H11ClN2O2/c1-8-6-9(14)2-4-11(8)16-13(18)12-5-3-10(7-17)15-12/h2-7,15H,1H3,(H,16,18). The number of aldehydes is 1. The monoisotopic (exact) mass is 262 g/mol. The smallest absolute Gasteiger partial charge is 0.272 e. The first-order valence-corrected chi connectivity index (χ1v) is 5.69. The third-order valence-corrected chi connectivity index (χ3v) is 2.75. The average molecular weight is 263 g/mol. The predicted molar refractivity (Wildman–Crippen MR) is 70.3 cm³/mol. The van der Waals surface area contributed by atoms with Gasteiger partial charge in [0.2, 0.25) is 0 Å². The molecular weight excluding hydrogens is 252 g/mol. The van der Waals surface area contributed by atoms with Gasteiger partial charge in [0.25, 0.3) is 5.91 Å². The fourth-order valence-electron chi connectivity index (χ4n) is 1.57. The Kier molecular flexibility index (Phi) is 3.48. The highest BCUT2D eigenvalue weighted by Gasteiger charge is 2.09. The summed E-state index contributed by atoms with van der Waals surface area (Å²) in [5.41, 5.74) is 2.27. The van der Waals surface area contributed by atoms with Gasteiger partial charge in [0.15, 0.2) is 6.29 Å². The van der Waals surface area contributed by atoms with E-state index < -0.39 is 0 Å². The zero-order valence-corrected chi connectivity index (χ0v) is 10.4. The highest BCUT2D eigenvalue weighted by molar-refractivity contribution is 6.30. The van der Waals surface area contributed by atoms with Crippen molar-refractivity contribution < 1.29 is 9.59 Å². The Morgan fingerprint density at radius 2 is 2.11 bits per heavy atom. The summed E-state index contributed by atoms with van der Waals surface area (Å²) in [5, 5.41) is 3.37. The van der Waals surface area contributed by atoms with Crippen molar-refractivity contribution in [2.45, 2.75) is 6.92 Å². The zero-order chi connectivity index (χ0) is 13.1. The highest BCUT2D eigenvalue weighted by atomic mass is 35.5. The van der Waals surface area contributed by atoms with Gasteiger partial charge in [0, 0.05) is 10.7 Å². The molecule has 1 heterocycles. The maximum Gasteiger partial charge on any atom is 0.272 e. The molecular formula is C13H11ClN2O2. The summed E-state index contributed by atoms with van der Waals surface area (Å²) in [6.45, 7) is 1.85. The number of carbonyl (C=O) groups excluding carboxylic acids is 2. The Balaban J connectivity index is 2.18. The van der Waals surface area contributed by atoms with Gasteiger partial charge in [-0.05, 0) is 42.8 Å². The Morgan fingerprint density at radius 3 is 2.72 bits per heavy atom. The lowest BCUT2D eigenvalue weighted by molar-refractivity contribution is 0.102. The fraction of sp³-hybridized carbons (Fsp3) is 0.0769. The molecule has 0 aliphatic carbocycles. The number of benzene rings is 1. The number of H-pyrrole nitrogens is 1. The molecule has 1 aromatic heterocycles. The van der Waals surface area contributed by atoms with Crippen molar-refractivity contribution >= 4 is 29.5 Å². The van der Waals surface area contributed by atoms with Crippen LogP contribution < -0.4 is 5.32 Å². The van der Waals surface area contributed by atoms with Gasteiger partial charge in [-0.3, -0.25) is 9.59 Å². The quantitative estimate of drug-likeness (QED) is 0.835. The van der Waals surface area contributed by atoms with E-state index in [0.29, 0.717) is 28.4 Å². The molecule has 2 rings (SSSR count). The summed E-state index contributed by atoms with van der Waals surface area (Å²) in [4.78, 5) is 25.1. The lowest BCUT2D eigenvalue weighted by Crippen LogP contribution is -2.13. The van der Waals surface area contributed by atoms with E-state index in [2.05, 4.69) is 10.3 Å². The number of hydrogen-bond acceptors (Lipinski definition) is 2. The Labute approximate surface area is 109 Å². The van der Waals surface area contributed by atoms with E-state index in [-0.39, 0.29) is 5.91 Å². The van der Waals surface area contributed by atoms with Crippen molar-refractivity contribution in [3.8, 4) is 0 Å². The van der Waals surface area contributed by atoms with Crippen LogP contribution in [-0.4, -0.2) is 17.2 Å². The number of aromatic nitrogens is 1. The van der Waals surface area contributed by atoms with E-state index >= 15 is 0 Å². The summed E-state index contributed by atoms with van der Waals surface area (Å²) >= 11 is 5.83. The zero-order valence-electron chi connectivity index (χ0n) is 9.66. The van der Waals surface area contributed by atoms with E-state index in [1.165, 1.54) is 0 Å². The third-order valence-electron chi connectivity index (χ3n) is 2.52. The second kappa shape index (κ2) is 5.06. The van der Waals surface area contributed by atoms with Crippen molar-refractivity contribution in [2.24, 2.45) is 0 Å². The molecule has 0 saturated heterocycles. The minimum Gasteiger partial charge on any atom is -0.348 e. The van der Waals surface area contributed by atoms with Crippen LogP contribution in [-0.2, 0) is 0 Å². The molecule has 1 amide bonds. The van der Waals surface area contributed by atoms with E-state index in [0.717, 1.165) is 5.56 Å². The number of nitrogens with one attached hydrogen (secondary N) is 2. The summed E-state index contributed by atoms with van der Waals surface area (Å²) in [6.07, 6.45) is 0.657. The van der Waals surface area contributed by atoms with Crippen LogP contribution >= 0.6 is 11.6 Å². The van der Waals surface area contributed by atoms with Gasteiger partial charge in [-0.15, -0.1) is 0 Å². The van der Waals surface area contributed by atoms with Crippen LogP contribution in [0, 0.1) is 6.92 Å². The molecule has 0 aliphatic heterocycles. The van der Waals surface area contributed by atoms with Crippen LogP contribution in [0.4, 0.5) is 5.69 Å². The van der Waals surface area contributed by atoms with Crippen molar-refractivity contribution in [3.63, 3.8) is 0 Å². The van der Waals surface area contributed by atoms with E-state index in [4.69, 9.17) is 11.6 Å². The first-order chi connectivity index (χ1) is 8.60. The van der Waals surface area contributed by atoms with Crippen LogP contribution in [0.5, 0.6) is 0 Å². The molecule has 18 heavy (non-hydrogen) atoms. The van der Waals surface area contributed by atoms with Crippen LogP contribution in [0.15, 0.2) is 30.3 Å². The molecule has 0 aliphatic rings. The highest BCUT2D eigenvalue weighted by Crippen LogP contribution is 2.20. The Hall–Kier alpha value is -2.07. The SMILES string of the molecule is Cc1cc(Cl)ccc1NC(=O)c1ccc(C=O)[nH]1. The normalized spacial score (nSPS) is 10.1. The Bertz CT molecular complexity index is 605. The van der Waals surface area contributed by atoms with E-state index in [9.17, 15) is 9.59 Å². The molecule has 4 nitrogen and oxygen atoms in total.